The van der Waals surface area contributed by atoms with Gasteiger partial charge in [-0.2, -0.15) is 0 Å². The Bertz CT molecular complexity index is 513. The third-order valence-electron chi connectivity index (χ3n) is 7.26. The minimum absolute atomic E-state index is 0.0854. The largest absolute Gasteiger partial charge is 0.410 e. The molecule has 1 aliphatic rings. The molecule has 0 aromatic rings. The maximum absolute atomic E-state index is 6.89. The van der Waals surface area contributed by atoms with E-state index in [0.29, 0.717) is 11.0 Å². The van der Waals surface area contributed by atoms with Crippen molar-refractivity contribution in [3.8, 4) is 0 Å². The lowest BCUT2D eigenvalue weighted by Gasteiger charge is -2.44. The predicted molar refractivity (Wildman–Crippen MR) is 115 cm³/mol. The van der Waals surface area contributed by atoms with Crippen LogP contribution in [0.25, 0.3) is 0 Å². The first-order valence-corrected chi connectivity index (χ1v) is 15.3. The molecule has 0 radical (unpaired) electrons. The molecule has 0 bridgehead atoms. The van der Waals surface area contributed by atoms with Crippen LogP contribution >= 0.6 is 0 Å². The predicted octanol–water partition coefficient (Wildman–Crippen LogP) is 7.19. The van der Waals surface area contributed by atoms with Crippen molar-refractivity contribution in [1.29, 1.82) is 0 Å². The quantitative estimate of drug-likeness (QED) is 0.378. The van der Waals surface area contributed by atoms with Crippen LogP contribution in [0.1, 0.15) is 55.4 Å². The third kappa shape index (κ3) is 3.68. The Morgan fingerprint density at radius 3 is 1.79 bits per heavy atom. The fourth-order valence-corrected chi connectivity index (χ4v) is 7.26. The lowest BCUT2D eigenvalue weighted by atomic mass is 9.79. The highest BCUT2D eigenvalue weighted by Crippen LogP contribution is 2.54. The molecule has 0 spiro atoms. The molecule has 2 atom stereocenters. The fraction of sp³-hybridized carbons (Fsp3) is 0.810. The van der Waals surface area contributed by atoms with Crippen LogP contribution in [0, 0.1) is 11.3 Å². The van der Waals surface area contributed by atoms with Crippen LogP contribution < -0.4 is 0 Å². The smallest absolute Gasteiger partial charge is 0.192 e. The van der Waals surface area contributed by atoms with Gasteiger partial charge >= 0.3 is 0 Å². The maximum Gasteiger partial charge on any atom is 0.192 e. The Morgan fingerprint density at radius 2 is 1.46 bits per heavy atom. The van der Waals surface area contributed by atoms with Crippen LogP contribution in [0.3, 0.4) is 0 Å². The van der Waals surface area contributed by atoms with E-state index in [1.54, 1.807) is 5.20 Å². The minimum atomic E-state index is -1.80. The van der Waals surface area contributed by atoms with Crippen LogP contribution in [-0.2, 0) is 4.43 Å². The standard InChI is InChI=1S/C21H42OSi2/c1-14-16-17(23(10,11)19(2,3)4)15-18(21(16,8)9)22-24(12,13)20(5,6)7/h14-16,18H,1H2,2-13H3/t16-,18-/m0/s1. The summed E-state index contributed by atoms with van der Waals surface area (Å²) < 4.78 is 6.89. The lowest BCUT2D eigenvalue weighted by molar-refractivity contribution is 0.0940. The summed E-state index contributed by atoms with van der Waals surface area (Å²) in [4.78, 5) is 0. The van der Waals surface area contributed by atoms with Crippen molar-refractivity contribution in [2.75, 3.05) is 0 Å². The Balaban J connectivity index is 3.36. The van der Waals surface area contributed by atoms with Crippen LogP contribution in [0.4, 0.5) is 0 Å². The molecule has 0 unspecified atom stereocenters. The second kappa shape index (κ2) is 6.24. The van der Waals surface area contributed by atoms with Crippen LogP contribution in [0.5, 0.6) is 0 Å². The third-order valence-corrected chi connectivity index (χ3v) is 17.4. The van der Waals surface area contributed by atoms with Gasteiger partial charge in [0.1, 0.15) is 0 Å². The van der Waals surface area contributed by atoms with Gasteiger partial charge < -0.3 is 4.43 Å². The highest BCUT2D eigenvalue weighted by atomic mass is 28.4. The molecule has 0 saturated carbocycles. The van der Waals surface area contributed by atoms with Crippen molar-refractivity contribution in [2.45, 2.75) is 97.8 Å². The van der Waals surface area contributed by atoms with E-state index in [2.05, 4.69) is 100 Å². The average molecular weight is 367 g/mol. The van der Waals surface area contributed by atoms with Crippen molar-refractivity contribution >= 4 is 16.4 Å². The van der Waals surface area contributed by atoms with Gasteiger partial charge in [0.05, 0.1) is 14.2 Å². The number of hydrogen-bond donors (Lipinski definition) is 0. The number of allylic oxidation sites excluding steroid dienone is 2. The summed E-state index contributed by atoms with van der Waals surface area (Å²) in [6, 6.07) is 0. The first-order chi connectivity index (χ1) is 10.4. The molecule has 24 heavy (non-hydrogen) atoms. The molecule has 0 N–H and O–H groups in total. The summed E-state index contributed by atoms with van der Waals surface area (Å²) in [5.41, 5.74) is 0.0854. The molecule has 1 aliphatic carbocycles. The minimum Gasteiger partial charge on any atom is -0.410 e. The monoisotopic (exact) mass is 366 g/mol. The molecule has 1 rings (SSSR count). The Hall–Kier alpha value is -0.126. The van der Waals surface area contributed by atoms with Crippen LogP contribution in [-0.4, -0.2) is 22.5 Å². The molecule has 0 saturated heterocycles. The molecule has 0 aromatic carbocycles. The van der Waals surface area contributed by atoms with Gasteiger partial charge in [0, 0.05) is 11.3 Å². The molecule has 0 heterocycles. The number of rotatable bonds is 4. The second-order valence-corrected chi connectivity index (χ2v) is 21.4. The molecule has 0 fully saturated rings. The normalized spacial score (nSPS) is 25.6. The summed E-state index contributed by atoms with van der Waals surface area (Å²) in [6.45, 7) is 32.9. The van der Waals surface area contributed by atoms with E-state index < -0.39 is 16.4 Å². The van der Waals surface area contributed by atoms with Gasteiger partial charge in [-0.15, -0.1) is 6.58 Å². The first-order valence-electron chi connectivity index (χ1n) is 9.42. The Labute approximate surface area is 154 Å². The van der Waals surface area contributed by atoms with Crippen LogP contribution in [0.15, 0.2) is 23.9 Å². The van der Waals surface area contributed by atoms with Crippen molar-refractivity contribution < 1.29 is 4.43 Å². The first kappa shape index (κ1) is 21.9. The van der Waals surface area contributed by atoms with E-state index in [9.17, 15) is 0 Å². The van der Waals surface area contributed by atoms with Gasteiger partial charge in [-0.05, 0) is 23.2 Å². The molecule has 1 nitrogen and oxygen atoms in total. The molecule has 3 heteroatoms. The Kier molecular flexibility index (Phi) is 5.70. The summed E-state index contributed by atoms with van der Waals surface area (Å²) in [5, 5.41) is 2.21. The van der Waals surface area contributed by atoms with E-state index in [0.717, 1.165) is 0 Å². The maximum atomic E-state index is 6.89. The van der Waals surface area contributed by atoms with Crippen molar-refractivity contribution in [3.63, 3.8) is 0 Å². The summed E-state index contributed by atoms with van der Waals surface area (Å²) >= 11 is 0. The average Bonchev–Trinajstić information content (AvgIpc) is 2.57. The molecule has 0 amide bonds. The van der Waals surface area contributed by atoms with Gasteiger partial charge in [0.2, 0.25) is 0 Å². The summed E-state index contributed by atoms with van der Waals surface area (Å²) in [7, 11) is -3.38. The van der Waals surface area contributed by atoms with Gasteiger partial charge in [-0.25, -0.2) is 0 Å². The van der Waals surface area contributed by atoms with E-state index in [-0.39, 0.29) is 16.6 Å². The molecular weight excluding hydrogens is 324 g/mol. The lowest BCUT2D eigenvalue weighted by Crippen LogP contribution is -2.47. The zero-order valence-corrected chi connectivity index (χ0v) is 20.4. The van der Waals surface area contributed by atoms with Gasteiger partial charge in [-0.3, -0.25) is 0 Å². The zero-order chi connectivity index (χ0) is 19.4. The molecule has 0 aromatic heterocycles. The van der Waals surface area contributed by atoms with Crippen molar-refractivity contribution in [3.05, 3.63) is 23.9 Å². The van der Waals surface area contributed by atoms with Crippen molar-refractivity contribution in [2.24, 2.45) is 11.3 Å². The van der Waals surface area contributed by atoms with E-state index in [1.165, 1.54) is 0 Å². The zero-order valence-electron chi connectivity index (χ0n) is 18.4. The van der Waals surface area contributed by atoms with Crippen molar-refractivity contribution in [1.82, 2.24) is 0 Å². The summed E-state index contributed by atoms with van der Waals surface area (Å²) in [6.07, 6.45) is 4.89. The highest BCUT2D eigenvalue weighted by Gasteiger charge is 2.53. The number of hydrogen-bond acceptors (Lipinski definition) is 1. The molecule has 0 aliphatic heterocycles. The van der Waals surface area contributed by atoms with E-state index in [1.807, 2.05) is 0 Å². The SMILES string of the molecule is C=C[C@H]1C([Si](C)(C)C(C)(C)C)=C[C@H](O[Si](C)(C)C(C)(C)C)C1(C)C. The van der Waals surface area contributed by atoms with Gasteiger partial charge in [0.15, 0.2) is 8.32 Å². The second-order valence-electron chi connectivity index (χ2n) is 11.3. The van der Waals surface area contributed by atoms with E-state index in [4.69, 9.17) is 4.43 Å². The highest BCUT2D eigenvalue weighted by molar-refractivity contribution is 6.87. The van der Waals surface area contributed by atoms with Crippen LogP contribution in [0.2, 0.25) is 36.3 Å². The topological polar surface area (TPSA) is 9.23 Å². The van der Waals surface area contributed by atoms with E-state index >= 15 is 0 Å². The Morgan fingerprint density at radius 1 is 1.00 bits per heavy atom. The van der Waals surface area contributed by atoms with Gasteiger partial charge in [0.25, 0.3) is 0 Å². The fourth-order valence-electron chi connectivity index (χ4n) is 3.20. The summed E-state index contributed by atoms with van der Waals surface area (Å²) in [5.74, 6) is 0.424. The van der Waals surface area contributed by atoms with Gasteiger partial charge in [-0.1, -0.05) is 85.8 Å². The molecule has 140 valence electrons. The molecular formula is C21H42OSi2.